The molecular formula is C15H16Cl2N2O. The normalized spacial score (nSPS) is 10.3. The van der Waals surface area contributed by atoms with Crippen LogP contribution in [0.5, 0.6) is 5.75 Å². The molecule has 3 nitrogen and oxygen atoms in total. The van der Waals surface area contributed by atoms with E-state index in [0.717, 1.165) is 18.8 Å². The van der Waals surface area contributed by atoms with Crippen molar-refractivity contribution < 1.29 is 4.74 Å². The highest BCUT2D eigenvalue weighted by Gasteiger charge is 2.05. The second-order valence-electron chi connectivity index (χ2n) is 4.30. The number of aromatic nitrogens is 1. The largest absolute Gasteiger partial charge is 0.487 e. The summed E-state index contributed by atoms with van der Waals surface area (Å²) in [4.78, 5) is 4.45. The van der Waals surface area contributed by atoms with Crippen LogP contribution in [0.4, 0.5) is 5.82 Å². The van der Waals surface area contributed by atoms with E-state index in [0.29, 0.717) is 28.1 Å². The summed E-state index contributed by atoms with van der Waals surface area (Å²) in [6.07, 6.45) is 1.04. The van der Waals surface area contributed by atoms with Crippen molar-refractivity contribution in [3.05, 3.63) is 52.1 Å². The molecule has 0 fully saturated rings. The lowest BCUT2D eigenvalue weighted by molar-refractivity contribution is 0.301. The smallest absolute Gasteiger partial charge is 0.132 e. The average Bonchev–Trinajstić information content (AvgIpc) is 2.45. The Morgan fingerprint density at radius 3 is 2.80 bits per heavy atom. The Morgan fingerprint density at radius 2 is 2.05 bits per heavy atom. The summed E-state index contributed by atoms with van der Waals surface area (Å²) < 4.78 is 5.65. The van der Waals surface area contributed by atoms with Crippen LogP contribution < -0.4 is 10.1 Å². The lowest BCUT2D eigenvalue weighted by Crippen LogP contribution is -2.05. The summed E-state index contributed by atoms with van der Waals surface area (Å²) in [5.74, 6) is 1.50. The quantitative estimate of drug-likeness (QED) is 0.833. The molecule has 0 atom stereocenters. The molecule has 1 aromatic carbocycles. The van der Waals surface area contributed by atoms with Gasteiger partial charge in [0.25, 0.3) is 0 Å². The Labute approximate surface area is 128 Å². The van der Waals surface area contributed by atoms with E-state index in [1.54, 1.807) is 12.1 Å². The molecule has 1 aromatic heterocycles. The van der Waals surface area contributed by atoms with Crippen LogP contribution in [0.15, 0.2) is 36.4 Å². The molecule has 0 saturated heterocycles. The van der Waals surface area contributed by atoms with Crippen molar-refractivity contribution >= 4 is 29.0 Å². The van der Waals surface area contributed by atoms with Gasteiger partial charge in [-0.05, 0) is 36.8 Å². The summed E-state index contributed by atoms with van der Waals surface area (Å²) >= 11 is 12.0. The third-order valence-electron chi connectivity index (χ3n) is 2.65. The number of hydrogen-bond donors (Lipinski definition) is 1. The molecule has 20 heavy (non-hydrogen) atoms. The van der Waals surface area contributed by atoms with Crippen LogP contribution in [0.2, 0.25) is 10.0 Å². The van der Waals surface area contributed by atoms with E-state index >= 15 is 0 Å². The molecule has 0 unspecified atom stereocenters. The second-order valence-corrected chi connectivity index (χ2v) is 5.14. The van der Waals surface area contributed by atoms with Crippen LogP contribution in [0.1, 0.15) is 19.0 Å². The number of rotatable bonds is 6. The highest BCUT2D eigenvalue weighted by molar-refractivity contribution is 6.31. The number of benzene rings is 1. The zero-order valence-electron chi connectivity index (χ0n) is 11.2. The summed E-state index contributed by atoms with van der Waals surface area (Å²) in [5.41, 5.74) is 0.702. The average molecular weight is 311 g/mol. The summed E-state index contributed by atoms with van der Waals surface area (Å²) in [7, 11) is 0. The molecule has 0 bridgehead atoms. The number of hydrogen-bond acceptors (Lipinski definition) is 3. The molecular weight excluding hydrogens is 295 g/mol. The number of anilines is 1. The van der Waals surface area contributed by atoms with Crippen molar-refractivity contribution in [3.8, 4) is 5.75 Å². The minimum Gasteiger partial charge on any atom is -0.487 e. The zero-order chi connectivity index (χ0) is 14.4. The van der Waals surface area contributed by atoms with Gasteiger partial charge in [-0.1, -0.05) is 36.2 Å². The SMILES string of the molecule is CCCNc1ccc(Cl)c(COc2cccc(Cl)c2)n1. The van der Waals surface area contributed by atoms with E-state index in [1.165, 1.54) is 0 Å². The van der Waals surface area contributed by atoms with Crippen molar-refractivity contribution in [2.45, 2.75) is 20.0 Å². The van der Waals surface area contributed by atoms with Gasteiger partial charge in [0.1, 0.15) is 18.2 Å². The van der Waals surface area contributed by atoms with Crippen molar-refractivity contribution in [2.75, 3.05) is 11.9 Å². The molecule has 0 saturated carbocycles. The molecule has 0 amide bonds. The van der Waals surface area contributed by atoms with Crippen LogP contribution in [0.25, 0.3) is 0 Å². The molecule has 0 aliphatic carbocycles. The molecule has 1 heterocycles. The number of nitrogens with one attached hydrogen (secondary N) is 1. The fourth-order valence-electron chi connectivity index (χ4n) is 1.65. The number of nitrogens with zero attached hydrogens (tertiary/aromatic N) is 1. The Bertz CT molecular complexity index is 576. The van der Waals surface area contributed by atoms with Crippen LogP contribution in [0.3, 0.4) is 0 Å². The van der Waals surface area contributed by atoms with Gasteiger partial charge in [0.15, 0.2) is 0 Å². The molecule has 0 aliphatic rings. The first-order valence-corrected chi connectivity index (χ1v) is 7.22. The van der Waals surface area contributed by atoms with E-state index < -0.39 is 0 Å². The van der Waals surface area contributed by atoms with Gasteiger partial charge in [-0.15, -0.1) is 0 Å². The monoisotopic (exact) mass is 310 g/mol. The highest BCUT2D eigenvalue weighted by Crippen LogP contribution is 2.21. The van der Waals surface area contributed by atoms with Crippen LogP contribution in [0, 0.1) is 0 Å². The predicted molar refractivity (Wildman–Crippen MR) is 83.8 cm³/mol. The molecule has 0 aliphatic heterocycles. The first kappa shape index (κ1) is 14.9. The molecule has 2 aromatic rings. The molecule has 0 radical (unpaired) electrons. The summed E-state index contributed by atoms with van der Waals surface area (Å²) in [5, 5.41) is 4.45. The fourth-order valence-corrected chi connectivity index (χ4v) is 1.99. The molecule has 1 N–H and O–H groups in total. The van der Waals surface area contributed by atoms with Crippen molar-refractivity contribution in [1.82, 2.24) is 4.98 Å². The van der Waals surface area contributed by atoms with E-state index in [2.05, 4.69) is 17.2 Å². The van der Waals surface area contributed by atoms with E-state index in [9.17, 15) is 0 Å². The maximum atomic E-state index is 6.13. The van der Waals surface area contributed by atoms with Gasteiger partial charge in [-0.3, -0.25) is 0 Å². The van der Waals surface area contributed by atoms with Crippen molar-refractivity contribution in [3.63, 3.8) is 0 Å². The summed E-state index contributed by atoms with van der Waals surface area (Å²) in [6, 6.07) is 10.9. The Hall–Kier alpha value is -1.45. The molecule has 0 spiro atoms. The number of pyridine rings is 1. The van der Waals surface area contributed by atoms with E-state index in [1.807, 2.05) is 24.3 Å². The Kier molecular flexibility index (Phi) is 5.50. The second kappa shape index (κ2) is 7.36. The maximum absolute atomic E-state index is 6.13. The van der Waals surface area contributed by atoms with Gasteiger partial charge in [-0.2, -0.15) is 0 Å². The third-order valence-corrected chi connectivity index (χ3v) is 3.23. The van der Waals surface area contributed by atoms with Gasteiger partial charge in [0.2, 0.25) is 0 Å². The maximum Gasteiger partial charge on any atom is 0.132 e. The summed E-state index contributed by atoms with van der Waals surface area (Å²) in [6.45, 7) is 3.29. The van der Waals surface area contributed by atoms with Crippen LogP contribution >= 0.6 is 23.2 Å². The van der Waals surface area contributed by atoms with E-state index in [4.69, 9.17) is 27.9 Å². The first-order chi connectivity index (χ1) is 9.69. The predicted octanol–water partition coefficient (Wildman–Crippen LogP) is 4.79. The van der Waals surface area contributed by atoms with Crippen LogP contribution in [-0.2, 0) is 6.61 Å². The third kappa shape index (κ3) is 4.29. The zero-order valence-corrected chi connectivity index (χ0v) is 12.7. The fraction of sp³-hybridized carbons (Fsp3) is 0.267. The topological polar surface area (TPSA) is 34.1 Å². The van der Waals surface area contributed by atoms with E-state index in [-0.39, 0.29) is 0 Å². The first-order valence-electron chi connectivity index (χ1n) is 6.46. The van der Waals surface area contributed by atoms with Gasteiger partial charge >= 0.3 is 0 Å². The lowest BCUT2D eigenvalue weighted by Gasteiger charge is -2.10. The van der Waals surface area contributed by atoms with Crippen molar-refractivity contribution in [1.29, 1.82) is 0 Å². The van der Waals surface area contributed by atoms with Gasteiger partial charge in [-0.25, -0.2) is 4.98 Å². The Morgan fingerprint density at radius 1 is 1.20 bits per heavy atom. The van der Waals surface area contributed by atoms with Gasteiger partial charge in [0.05, 0.1) is 10.7 Å². The standard InChI is InChI=1S/C15H16Cl2N2O/c1-2-8-18-15-7-6-13(17)14(19-15)10-20-12-5-3-4-11(16)9-12/h3-7,9H,2,8,10H2,1H3,(H,18,19). The molecule has 106 valence electrons. The van der Waals surface area contributed by atoms with Gasteiger partial charge in [0, 0.05) is 11.6 Å². The minimum absolute atomic E-state index is 0.306. The Balaban J connectivity index is 2.04. The highest BCUT2D eigenvalue weighted by atomic mass is 35.5. The van der Waals surface area contributed by atoms with Crippen LogP contribution in [-0.4, -0.2) is 11.5 Å². The molecule has 2 rings (SSSR count). The number of ether oxygens (including phenoxy) is 1. The van der Waals surface area contributed by atoms with Gasteiger partial charge < -0.3 is 10.1 Å². The minimum atomic E-state index is 0.306. The van der Waals surface area contributed by atoms with Crippen molar-refractivity contribution in [2.24, 2.45) is 0 Å². The molecule has 5 heteroatoms. The number of halogens is 2. The lowest BCUT2D eigenvalue weighted by atomic mass is 10.3.